The molecule has 11 heavy (non-hydrogen) atoms. The summed E-state index contributed by atoms with van der Waals surface area (Å²) < 4.78 is 15.1. The van der Waals surface area contributed by atoms with E-state index in [1.807, 2.05) is 13.8 Å². The second-order valence-electron chi connectivity index (χ2n) is 3.06. The van der Waals surface area contributed by atoms with E-state index in [9.17, 15) is 0 Å². The van der Waals surface area contributed by atoms with E-state index in [-0.39, 0.29) is 0 Å². The van der Waals surface area contributed by atoms with Gasteiger partial charge in [-0.1, -0.05) is 0 Å². The fourth-order valence-electron chi connectivity index (χ4n) is 0.831. The Balaban J connectivity index is 2.53. The molecule has 8 heteroatoms. The first-order chi connectivity index (χ1) is 4.99. The Labute approximate surface area is 67.3 Å². The van der Waals surface area contributed by atoms with Crippen molar-refractivity contribution in [3.8, 4) is 0 Å². The molecule has 60 valence electrons. The summed E-state index contributed by atoms with van der Waals surface area (Å²) in [6.45, 7) is 3.71. The minimum atomic E-state index is -0.803. The molecule has 0 radical (unpaired) electrons. The van der Waals surface area contributed by atoms with Crippen LogP contribution in [0.15, 0.2) is 0 Å². The van der Waals surface area contributed by atoms with Crippen molar-refractivity contribution in [2.75, 3.05) is 0 Å². The van der Waals surface area contributed by atoms with E-state index in [0.29, 0.717) is 7.48 Å². The summed E-state index contributed by atoms with van der Waals surface area (Å²) in [6.07, 6.45) is 0. The second kappa shape index (κ2) is 3.16. The summed E-state index contributed by atoms with van der Waals surface area (Å²) in [4.78, 5) is 0. The molecule has 1 heterocycles. The molecule has 1 rings (SSSR count). The smallest absolute Gasteiger partial charge is 0.462 e. The maximum Gasteiger partial charge on any atom is 0.539 e. The molecule has 0 aromatic carbocycles. The SMILES string of the molecule is CC1(C)BOB(N)OB(N)O1. The highest BCUT2D eigenvalue weighted by atomic mass is 16.7. The number of hydrogen-bond donors (Lipinski definition) is 2. The molecule has 0 saturated carbocycles. The Hall–Kier alpha value is -0.00519. The molecule has 1 aliphatic rings. The summed E-state index contributed by atoms with van der Waals surface area (Å²) in [5.74, 6) is 0. The lowest BCUT2D eigenvalue weighted by molar-refractivity contribution is 0.163. The van der Waals surface area contributed by atoms with Gasteiger partial charge >= 0.3 is 14.5 Å². The van der Waals surface area contributed by atoms with E-state index in [1.54, 1.807) is 0 Å². The topological polar surface area (TPSA) is 79.7 Å². The lowest BCUT2D eigenvalue weighted by Crippen LogP contribution is -2.44. The van der Waals surface area contributed by atoms with Crippen LogP contribution in [0.25, 0.3) is 0 Å². The average Bonchev–Trinajstić information content (AvgIpc) is 1.90. The molecule has 1 fully saturated rings. The normalized spacial score (nSPS) is 24.4. The maximum absolute atomic E-state index is 5.40. The van der Waals surface area contributed by atoms with Crippen LogP contribution >= 0.6 is 0 Å². The van der Waals surface area contributed by atoms with Gasteiger partial charge in [0.05, 0.1) is 5.50 Å². The van der Waals surface area contributed by atoms with E-state index in [1.165, 1.54) is 0 Å². The van der Waals surface area contributed by atoms with Gasteiger partial charge in [-0.3, -0.25) is 0 Å². The molecule has 0 amide bonds. The molecule has 1 saturated heterocycles. The van der Waals surface area contributed by atoms with Gasteiger partial charge in [0.2, 0.25) is 0 Å². The fraction of sp³-hybridized carbons (Fsp3) is 1.00. The third kappa shape index (κ3) is 2.84. The van der Waals surface area contributed by atoms with Crippen LogP contribution in [0.5, 0.6) is 0 Å². The van der Waals surface area contributed by atoms with Gasteiger partial charge in [0.1, 0.15) is 0 Å². The summed E-state index contributed by atoms with van der Waals surface area (Å²) in [5.41, 5.74) is 10.3. The van der Waals surface area contributed by atoms with Crippen LogP contribution in [0.3, 0.4) is 0 Å². The Kier molecular flexibility index (Phi) is 2.61. The van der Waals surface area contributed by atoms with Gasteiger partial charge in [-0.05, 0) is 13.8 Å². The molecule has 4 N–H and O–H groups in total. The van der Waals surface area contributed by atoms with Gasteiger partial charge in [0, 0.05) is 0 Å². The van der Waals surface area contributed by atoms with Crippen LogP contribution in [-0.2, 0) is 13.8 Å². The predicted octanol–water partition coefficient (Wildman–Crippen LogP) is -1.98. The predicted molar refractivity (Wildman–Crippen MR) is 44.4 cm³/mol. The fourth-order valence-corrected chi connectivity index (χ4v) is 0.831. The number of rotatable bonds is 0. The molecule has 5 nitrogen and oxygen atoms in total. The number of nitrogens with two attached hydrogens (primary N) is 2. The first kappa shape index (κ1) is 9.09. The van der Waals surface area contributed by atoms with Crippen LogP contribution in [0.1, 0.15) is 13.8 Å². The highest BCUT2D eigenvalue weighted by Gasteiger charge is 2.36. The van der Waals surface area contributed by atoms with Crippen molar-refractivity contribution in [3.63, 3.8) is 0 Å². The second-order valence-corrected chi connectivity index (χ2v) is 3.06. The number of hydrogen-bond acceptors (Lipinski definition) is 5. The van der Waals surface area contributed by atoms with Crippen LogP contribution in [0.4, 0.5) is 0 Å². The largest absolute Gasteiger partial charge is 0.539 e. The maximum atomic E-state index is 5.40. The Morgan fingerprint density at radius 3 is 2.55 bits per heavy atom. The first-order valence-corrected chi connectivity index (χ1v) is 3.46. The van der Waals surface area contributed by atoms with Gasteiger partial charge in [-0.25, -0.2) is 0 Å². The highest BCUT2D eigenvalue weighted by molar-refractivity contribution is 6.62. The van der Waals surface area contributed by atoms with Crippen LogP contribution in [0.2, 0.25) is 0 Å². The van der Waals surface area contributed by atoms with Crippen LogP contribution < -0.4 is 11.3 Å². The lowest BCUT2D eigenvalue weighted by Gasteiger charge is -2.21. The summed E-state index contributed by atoms with van der Waals surface area (Å²) in [6, 6.07) is 0. The zero-order chi connectivity index (χ0) is 8.48. The van der Waals surface area contributed by atoms with Gasteiger partial charge < -0.3 is 25.1 Å². The molecule has 0 atom stereocenters. The monoisotopic (exact) mass is 156 g/mol. The van der Waals surface area contributed by atoms with Crippen molar-refractivity contribution in [3.05, 3.63) is 0 Å². The van der Waals surface area contributed by atoms with Crippen molar-refractivity contribution in [1.29, 1.82) is 0 Å². The summed E-state index contributed by atoms with van der Waals surface area (Å²) in [5, 5.41) is 0. The Bertz CT molecular complexity index is 146. The molecule has 0 spiro atoms. The third-order valence-corrected chi connectivity index (χ3v) is 1.30. The van der Waals surface area contributed by atoms with Crippen molar-refractivity contribution in [2.24, 2.45) is 11.3 Å². The molecule has 0 aromatic rings. The first-order valence-electron chi connectivity index (χ1n) is 3.46. The van der Waals surface area contributed by atoms with Crippen molar-refractivity contribution in [1.82, 2.24) is 0 Å². The zero-order valence-corrected chi connectivity index (χ0v) is 6.74. The van der Waals surface area contributed by atoms with E-state index in [4.69, 9.17) is 25.1 Å². The molecular formula is C3H11B3N2O3. The van der Waals surface area contributed by atoms with Gasteiger partial charge in [-0.2, -0.15) is 0 Å². The van der Waals surface area contributed by atoms with E-state index >= 15 is 0 Å². The lowest BCUT2D eigenvalue weighted by atomic mass is 9.76. The van der Waals surface area contributed by atoms with Gasteiger partial charge in [0.15, 0.2) is 0 Å². The van der Waals surface area contributed by atoms with E-state index in [2.05, 4.69) is 0 Å². The van der Waals surface area contributed by atoms with Gasteiger partial charge in [-0.15, -0.1) is 0 Å². The standard InChI is InChI=1S/C3H11B3N2O3/c1-3(2)4-10-6(8)11-5(7)9-3/h4H,7-8H2,1-2H3. The van der Waals surface area contributed by atoms with E-state index in [0.717, 1.165) is 0 Å². The van der Waals surface area contributed by atoms with Crippen LogP contribution in [0, 0.1) is 0 Å². The minimum Gasteiger partial charge on any atom is -0.462 e. The zero-order valence-electron chi connectivity index (χ0n) is 6.74. The minimum absolute atomic E-state index is 0.377. The van der Waals surface area contributed by atoms with Gasteiger partial charge in [0.25, 0.3) is 7.48 Å². The Morgan fingerprint density at radius 1 is 1.27 bits per heavy atom. The molecule has 0 bridgehead atoms. The Morgan fingerprint density at radius 2 is 1.91 bits per heavy atom. The average molecular weight is 156 g/mol. The summed E-state index contributed by atoms with van der Waals surface area (Å²) >= 11 is 0. The van der Waals surface area contributed by atoms with Crippen molar-refractivity contribution < 1.29 is 13.8 Å². The molecule has 1 aliphatic heterocycles. The van der Waals surface area contributed by atoms with Crippen molar-refractivity contribution in [2.45, 2.75) is 19.3 Å². The molecule has 0 aromatic heterocycles. The third-order valence-electron chi connectivity index (χ3n) is 1.30. The van der Waals surface area contributed by atoms with Crippen LogP contribution in [-0.4, -0.2) is 27.5 Å². The molecular weight excluding hydrogens is 144 g/mol. The molecule has 0 aliphatic carbocycles. The van der Waals surface area contributed by atoms with Crippen molar-refractivity contribution >= 4 is 22.0 Å². The molecule has 0 unspecified atom stereocenters. The highest BCUT2D eigenvalue weighted by Crippen LogP contribution is 2.11. The van der Waals surface area contributed by atoms with E-state index < -0.39 is 20.0 Å². The quantitative estimate of drug-likeness (QED) is 0.397. The summed E-state index contributed by atoms with van der Waals surface area (Å²) in [7, 11) is -1.21.